The molecule has 286 valence electrons. The molecule has 0 N–H and O–H groups in total. The van der Waals surface area contributed by atoms with Crippen molar-refractivity contribution in [3.05, 3.63) is 224 Å². The molecule has 0 aliphatic rings. The molecular formula is C58H37NO2. The lowest BCUT2D eigenvalue weighted by Gasteiger charge is -2.27. The molecule has 0 saturated carbocycles. The highest BCUT2D eigenvalue weighted by Crippen LogP contribution is 2.46. The van der Waals surface area contributed by atoms with Gasteiger partial charge >= 0.3 is 0 Å². The maximum atomic E-state index is 6.73. The van der Waals surface area contributed by atoms with Crippen molar-refractivity contribution in [1.29, 1.82) is 0 Å². The van der Waals surface area contributed by atoms with Crippen LogP contribution in [0.3, 0.4) is 0 Å². The zero-order valence-corrected chi connectivity index (χ0v) is 33.1. The van der Waals surface area contributed by atoms with Crippen molar-refractivity contribution in [2.75, 3.05) is 4.90 Å². The van der Waals surface area contributed by atoms with Gasteiger partial charge in [0.15, 0.2) is 0 Å². The number of furan rings is 2. The quantitative estimate of drug-likeness (QED) is 0.161. The van der Waals surface area contributed by atoms with Crippen molar-refractivity contribution in [1.82, 2.24) is 0 Å². The van der Waals surface area contributed by atoms with Crippen LogP contribution in [-0.2, 0) is 0 Å². The molecule has 0 fully saturated rings. The molecule has 61 heavy (non-hydrogen) atoms. The van der Waals surface area contributed by atoms with Gasteiger partial charge in [-0.05, 0) is 111 Å². The van der Waals surface area contributed by atoms with E-state index in [0.29, 0.717) is 0 Å². The van der Waals surface area contributed by atoms with Gasteiger partial charge in [0.25, 0.3) is 0 Å². The fourth-order valence-corrected chi connectivity index (χ4v) is 9.13. The van der Waals surface area contributed by atoms with Crippen molar-refractivity contribution >= 4 is 71.7 Å². The van der Waals surface area contributed by atoms with Gasteiger partial charge in [0.05, 0.1) is 11.1 Å². The number of rotatable bonds is 7. The van der Waals surface area contributed by atoms with Crippen molar-refractivity contribution in [2.24, 2.45) is 0 Å². The molecule has 0 bridgehead atoms. The average Bonchev–Trinajstić information content (AvgIpc) is 3.92. The molecule has 12 rings (SSSR count). The van der Waals surface area contributed by atoms with E-state index in [-0.39, 0.29) is 0 Å². The molecule has 0 atom stereocenters. The fourth-order valence-electron chi connectivity index (χ4n) is 9.13. The molecule has 2 heterocycles. The van der Waals surface area contributed by atoms with Gasteiger partial charge in [0, 0.05) is 38.5 Å². The number of anilines is 3. The van der Waals surface area contributed by atoms with Gasteiger partial charge in [-0.2, -0.15) is 0 Å². The summed E-state index contributed by atoms with van der Waals surface area (Å²) in [5.41, 5.74) is 15.8. The molecule has 0 radical (unpaired) electrons. The topological polar surface area (TPSA) is 29.5 Å². The van der Waals surface area contributed by atoms with Crippen LogP contribution in [0.5, 0.6) is 0 Å². The molecule has 0 saturated heterocycles. The van der Waals surface area contributed by atoms with Crippen LogP contribution >= 0.6 is 0 Å². The molecule has 3 heteroatoms. The monoisotopic (exact) mass is 779 g/mol. The molecule has 10 aromatic carbocycles. The van der Waals surface area contributed by atoms with Crippen LogP contribution in [0.25, 0.3) is 99.2 Å². The lowest BCUT2D eigenvalue weighted by atomic mass is 9.93. The average molecular weight is 780 g/mol. The smallest absolute Gasteiger partial charge is 0.143 e. The minimum atomic E-state index is 0.847. The normalized spacial score (nSPS) is 11.6. The van der Waals surface area contributed by atoms with Gasteiger partial charge in [0.2, 0.25) is 0 Å². The second-order valence-corrected chi connectivity index (χ2v) is 15.7. The lowest BCUT2D eigenvalue weighted by Crippen LogP contribution is -2.10. The first kappa shape index (κ1) is 34.9. The van der Waals surface area contributed by atoms with Crippen LogP contribution in [0.1, 0.15) is 0 Å². The standard InChI is InChI=1S/C58H37NO2/c1-3-14-38(15-4-1)43-34-44(39-16-5-2-6-17-39)36-45(35-43)40-28-31-46(32-29-40)59(53-25-13-27-55-56(53)52-33-30-41-18-7-8-21-48(41)58(52)61-55)47-20-11-19-42(37-47)49-23-12-24-51-50-22-9-10-26-54(50)60-57(49)51/h1-37H. The molecule has 0 aliphatic heterocycles. The Balaban J connectivity index is 1.04. The third-order valence-corrected chi connectivity index (χ3v) is 12.0. The van der Waals surface area contributed by atoms with Crippen LogP contribution in [0, 0.1) is 0 Å². The van der Waals surface area contributed by atoms with Crippen molar-refractivity contribution < 1.29 is 8.83 Å². The first-order chi connectivity index (χ1) is 30.2. The van der Waals surface area contributed by atoms with E-state index in [4.69, 9.17) is 8.83 Å². The molecule has 0 spiro atoms. The van der Waals surface area contributed by atoms with Crippen LogP contribution in [-0.4, -0.2) is 0 Å². The van der Waals surface area contributed by atoms with Gasteiger partial charge in [-0.25, -0.2) is 0 Å². The first-order valence-corrected chi connectivity index (χ1v) is 20.7. The molecule has 0 amide bonds. The highest BCUT2D eigenvalue weighted by molar-refractivity contribution is 6.19. The zero-order valence-electron chi connectivity index (χ0n) is 33.1. The van der Waals surface area contributed by atoms with Gasteiger partial charge < -0.3 is 13.7 Å². The molecule has 12 aromatic rings. The van der Waals surface area contributed by atoms with Crippen LogP contribution < -0.4 is 4.90 Å². The van der Waals surface area contributed by atoms with E-state index in [2.05, 4.69) is 217 Å². The summed E-state index contributed by atoms with van der Waals surface area (Å²) in [6, 6.07) is 79.9. The van der Waals surface area contributed by atoms with E-state index in [1.54, 1.807) is 0 Å². The number of para-hydroxylation sites is 2. The first-order valence-electron chi connectivity index (χ1n) is 20.7. The predicted octanol–water partition coefficient (Wildman–Crippen LogP) is 16.8. The zero-order chi connectivity index (χ0) is 40.3. The largest absolute Gasteiger partial charge is 0.455 e. The van der Waals surface area contributed by atoms with E-state index >= 15 is 0 Å². The highest BCUT2D eigenvalue weighted by Gasteiger charge is 2.22. The van der Waals surface area contributed by atoms with E-state index in [9.17, 15) is 0 Å². The summed E-state index contributed by atoms with van der Waals surface area (Å²) in [6.07, 6.45) is 0. The minimum Gasteiger partial charge on any atom is -0.455 e. The molecule has 3 nitrogen and oxygen atoms in total. The van der Waals surface area contributed by atoms with E-state index in [0.717, 1.165) is 94.0 Å². The van der Waals surface area contributed by atoms with Crippen molar-refractivity contribution in [3.63, 3.8) is 0 Å². The van der Waals surface area contributed by atoms with E-state index in [1.807, 2.05) is 12.1 Å². The van der Waals surface area contributed by atoms with Crippen LogP contribution in [0.4, 0.5) is 17.1 Å². The molecule has 0 aliphatic carbocycles. The maximum Gasteiger partial charge on any atom is 0.143 e. The van der Waals surface area contributed by atoms with Crippen LogP contribution in [0.2, 0.25) is 0 Å². The number of hydrogen-bond acceptors (Lipinski definition) is 3. The Bertz CT molecular complexity index is 3520. The minimum absolute atomic E-state index is 0.847. The summed E-state index contributed by atoms with van der Waals surface area (Å²) >= 11 is 0. The Morgan fingerprint density at radius 3 is 1.62 bits per heavy atom. The fraction of sp³-hybridized carbons (Fsp3) is 0. The van der Waals surface area contributed by atoms with Crippen molar-refractivity contribution in [2.45, 2.75) is 0 Å². The number of hydrogen-bond donors (Lipinski definition) is 0. The van der Waals surface area contributed by atoms with E-state index in [1.165, 1.54) is 22.3 Å². The maximum absolute atomic E-state index is 6.73. The van der Waals surface area contributed by atoms with Crippen LogP contribution in [0.15, 0.2) is 233 Å². The van der Waals surface area contributed by atoms with Gasteiger partial charge in [-0.15, -0.1) is 0 Å². The summed E-state index contributed by atoms with van der Waals surface area (Å²) in [5, 5.41) is 6.64. The van der Waals surface area contributed by atoms with Gasteiger partial charge in [0.1, 0.15) is 22.3 Å². The molecule has 0 unspecified atom stereocenters. The van der Waals surface area contributed by atoms with Gasteiger partial charge in [-0.3, -0.25) is 0 Å². The summed E-state index contributed by atoms with van der Waals surface area (Å²) < 4.78 is 13.3. The molecule has 2 aromatic heterocycles. The molecular weight excluding hydrogens is 743 g/mol. The lowest BCUT2D eigenvalue weighted by molar-refractivity contribution is 0.670. The Labute approximate surface area is 353 Å². The van der Waals surface area contributed by atoms with Crippen molar-refractivity contribution in [3.8, 4) is 44.5 Å². The summed E-state index contributed by atoms with van der Waals surface area (Å²) in [5.74, 6) is 0. The highest BCUT2D eigenvalue weighted by atomic mass is 16.3. The third-order valence-electron chi connectivity index (χ3n) is 12.0. The Morgan fingerprint density at radius 2 is 0.869 bits per heavy atom. The summed E-state index contributed by atoms with van der Waals surface area (Å²) in [7, 11) is 0. The van der Waals surface area contributed by atoms with Gasteiger partial charge in [-0.1, -0.05) is 158 Å². The van der Waals surface area contributed by atoms with E-state index < -0.39 is 0 Å². The second kappa shape index (κ2) is 14.3. The third kappa shape index (κ3) is 5.98. The number of benzene rings is 10. The Kier molecular flexibility index (Phi) is 8.17. The SMILES string of the molecule is c1ccc(-c2cc(-c3ccccc3)cc(-c3ccc(N(c4cccc(-c5cccc6c5oc5ccccc56)c4)c4cccc5oc6c7ccccc7ccc6c45)cc3)c2)cc1. The predicted molar refractivity (Wildman–Crippen MR) is 255 cm³/mol. The Hall–Kier alpha value is -8.14. The number of fused-ring (bicyclic) bond motifs is 8. The summed E-state index contributed by atoms with van der Waals surface area (Å²) in [4.78, 5) is 2.37. The second-order valence-electron chi connectivity index (χ2n) is 15.7. The Morgan fingerprint density at radius 1 is 0.295 bits per heavy atom. The summed E-state index contributed by atoms with van der Waals surface area (Å²) in [6.45, 7) is 0. The number of nitrogens with zero attached hydrogens (tertiary/aromatic N) is 1.